The van der Waals surface area contributed by atoms with Gasteiger partial charge in [0.2, 0.25) is 0 Å². The van der Waals surface area contributed by atoms with E-state index in [4.69, 9.17) is 22.1 Å². The minimum absolute atomic E-state index is 0.108. The standard InChI is InChI=1S/C15H16ClN3O3/c16-10-3-4-12(18)11(7-10)14(21)22-8-13(20)19-15(9-17)5-1-2-6-15/h3-4,7H,1-2,5-6,8,18H2,(H,19,20). The van der Waals surface area contributed by atoms with Crippen molar-refractivity contribution in [3.8, 4) is 6.07 Å². The Bertz CT molecular complexity index is 633. The molecule has 1 saturated carbocycles. The Morgan fingerprint density at radius 3 is 2.73 bits per heavy atom. The minimum atomic E-state index is -0.835. The van der Waals surface area contributed by atoms with Crippen molar-refractivity contribution in [2.75, 3.05) is 12.3 Å². The van der Waals surface area contributed by atoms with E-state index < -0.39 is 24.0 Å². The first-order valence-corrected chi connectivity index (χ1v) is 7.28. The van der Waals surface area contributed by atoms with Crippen LogP contribution in [0.4, 0.5) is 5.69 Å². The van der Waals surface area contributed by atoms with Crippen molar-refractivity contribution in [1.29, 1.82) is 5.26 Å². The van der Waals surface area contributed by atoms with E-state index in [1.807, 2.05) is 0 Å². The summed E-state index contributed by atoms with van der Waals surface area (Å²) >= 11 is 5.80. The van der Waals surface area contributed by atoms with Gasteiger partial charge in [0.15, 0.2) is 6.61 Å². The zero-order valence-electron chi connectivity index (χ0n) is 11.9. The van der Waals surface area contributed by atoms with Crippen molar-refractivity contribution >= 4 is 29.2 Å². The van der Waals surface area contributed by atoms with Crippen molar-refractivity contribution in [1.82, 2.24) is 5.32 Å². The lowest BCUT2D eigenvalue weighted by molar-refractivity contribution is -0.125. The molecule has 0 saturated heterocycles. The summed E-state index contributed by atoms with van der Waals surface area (Å²) < 4.78 is 4.93. The largest absolute Gasteiger partial charge is 0.452 e. The van der Waals surface area contributed by atoms with Gasteiger partial charge in [0, 0.05) is 10.7 Å². The lowest BCUT2D eigenvalue weighted by Gasteiger charge is -2.21. The third-order valence-corrected chi connectivity index (χ3v) is 3.85. The number of hydrogen-bond acceptors (Lipinski definition) is 5. The van der Waals surface area contributed by atoms with Crippen LogP contribution in [0.1, 0.15) is 36.0 Å². The number of nitrogens with one attached hydrogen (secondary N) is 1. The van der Waals surface area contributed by atoms with E-state index in [9.17, 15) is 14.9 Å². The van der Waals surface area contributed by atoms with Crippen LogP contribution in [0.5, 0.6) is 0 Å². The number of rotatable bonds is 4. The van der Waals surface area contributed by atoms with Gasteiger partial charge < -0.3 is 15.8 Å². The number of anilines is 1. The second kappa shape index (κ2) is 6.67. The molecule has 0 bridgehead atoms. The molecule has 0 aliphatic heterocycles. The number of ether oxygens (including phenoxy) is 1. The number of nitrogens with zero attached hydrogens (tertiary/aromatic N) is 1. The molecular formula is C15H16ClN3O3. The fraction of sp³-hybridized carbons (Fsp3) is 0.400. The van der Waals surface area contributed by atoms with Crippen LogP contribution in [0.2, 0.25) is 5.02 Å². The molecule has 1 fully saturated rings. The molecule has 1 aromatic rings. The number of carbonyl (C=O) groups is 2. The van der Waals surface area contributed by atoms with Crippen LogP contribution >= 0.6 is 11.6 Å². The van der Waals surface area contributed by atoms with E-state index >= 15 is 0 Å². The van der Waals surface area contributed by atoms with E-state index in [-0.39, 0.29) is 11.3 Å². The second-order valence-corrected chi connectivity index (χ2v) is 5.69. The summed E-state index contributed by atoms with van der Waals surface area (Å²) in [5.41, 5.74) is 5.16. The number of benzene rings is 1. The van der Waals surface area contributed by atoms with Crippen LogP contribution in [-0.4, -0.2) is 24.0 Å². The molecule has 1 aliphatic rings. The van der Waals surface area contributed by atoms with E-state index in [1.165, 1.54) is 12.1 Å². The molecule has 6 nitrogen and oxygen atoms in total. The van der Waals surface area contributed by atoms with Crippen molar-refractivity contribution < 1.29 is 14.3 Å². The predicted molar refractivity (Wildman–Crippen MR) is 81.1 cm³/mol. The second-order valence-electron chi connectivity index (χ2n) is 5.26. The summed E-state index contributed by atoms with van der Waals surface area (Å²) in [4.78, 5) is 23.8. The molecular weight excluding hydrogens is 306 g/mol. The number of halogens is 1. The summed E-state index contributed by atoms with van der Waals surface area (Å²) in [6.45, 7) is -0.464. The zero-order valence-corrected chi connectivity index (χ0v) is 12.7. The first-order chi connectivity index (χ1) is 10.5. The van der Waals surface area contributed by atoms with Crippen molar-refractivity contribution in [3.63, 3.8) is 0 Å². The molecule has 1 amide bonds. The molecule has 1 aromatic carbocycles. The molecule has 2 rings (SSSR count). The average Bonchev–Trinajstić information content (AvgIpc) is 2.96. The SMILES string of the molecule is N#CC1(NC(=O)COC(=O)c2cc(Cl)ccc2N)CCCC1. The first kappa shape index (κ1) is 16.1. The molecule has 0 spiro atoms. The molecule has 0 unspecified atom stereocenters. The number of nitrogen functional groups attached to an aromatic ring is 1. The Labute approximate surface area is 133 Å². The third kappa shape index (κ3) is 3.68. The van der Waals surface area contributed by atoms with Gasteiger partial charge in [-0.25, -0.2) is 4.79 Å². The average molecular weight is 322 g/mol. The van der Waals surface area contributed by atoms with Gasteiger partial charge in [-0.1, -0.05) is 11.6 Å². The molecule has 22 heavy (non-hydrogen) atoms. The third-order valence-electron chi connectivity index (χ3n) is 3.62. The number of hydrogen-bond donors (Lipinski definition) is 2. The molecule has 0 heterocycles. The maximum atomic E-state index is 11.9. The van der Waals surface area contributed by atoms with E-state index in [2.05, 4.69) is 11.4 Å². The number of nitrogens with two attached hydrogens (primary N) is 1. The topological polar surface area (TPSA) is 105 Å². The number of carbonyl (C=O) groups excluding carboxylic acids is 2. The minimum Gasteiger partial charge on any atom is -0.452 e. The van der Waals surface area contributed by atoms with Crippen LogP contribution in [0.3, 0.4) is 0 Å². The maximum absolute atomic E-state index is 11.9. The van der Waals surface area contributed by atoms with E-state index in [0.29, 0.717) is 17.9 Å². The summed E-state index contributed by atoms with van der Waals surface area (Å²) in [6, 6.07) is 6.56. The van der Waals surface area contributed by atoms with Crippen LogP contribution in [0.15, 0.2) is 18.2 Å². The Morgan fingerprint density at radius 2 is 2.09 bits per heavy atom. The molecule has 7 heteroatoms. The van der Waals surface area contributed by atoms with Gasteiger partial charge in [0.25, 0.3) is 5.91 Å². The quantitative estimate of drug-likeness (QED) is 0.652. The lowest BCUT2D eigenvalue weighted by atomic mass is 10.00. The molecule has 3 N–H and O–H groups in total. The predicted octanol–water partition coefficient (Wildman–Crippen LogP) is 2.03. The van der Waals surface area contributed by atoms with Gasteiger partial charge in [0.05, 0.1) is 11.6 Å². The van der Waals surface area contributed by atoms with Gasteiger partial charge in [-0.2, -0.15) is 5.26 Å². The molecule has 0 aromatic heterocycles. The normalized spacial score (nSPS) is 15.8. The summed E-state index contributed by atoms with van der Waals surface area (Å²) in [5, 5.41) is 12.2. The highest BCUT2D eigenvalue weighted by atomic mass is 35.5. The van der Waals surface area contributed by atoms with Crippen molar-refractivity contribution in [2.24, 2.45) is 0 Å². The smallest absolute Gasteiger partial charge is 0.340 e. The van der Waals surface area contributed by atoms with Crippen molar-refractivity contribution in [3.05, 3.63) is 28.8 Å². The van der Waals surface area contributed by atoms with Gasteiger partial charge in [-0.05, 0) is 43.9 Å². The molecule has 0 radical (unpaired) electrons. The fourth-order valence-electron chi connectivity index (χ4n) is 2.46. The van der Waals surface area contributed by atoms with Gasteiger partial charge in [-0.15, -0.1) is 0 Å². The first-order valence-electron chi connectivity index (χ1n) is 6.90. The van der Waals surface area contributed by atoms with Crippen LogP contribution < -0.4 is 11.1 Å². The highest BCUT2D eigenvalue weighted by Gasteiger charge is 2.35. The van der Waals surface area contributed by atoms with Gasteiger partial charge >= 0.3 is 5.97 Å². The number of esters is 1. The van der Waals surface area contributed by atoms with E-state index in [1.54, 1.807) is 6.07 Å². The number of nitriles is 1. The Hall–Kier alpha value is -2.26. The summed E-state index contributed by atoms with van der Waals surface area (Å²) in [6.07, 6.45) is 3.02. The Morgan fingerprint density at radius 1 is 1.41 bits per heavy atom. The van der Waals surface area contributed by atoms with Crippen LogP contribution in [0, 0.1) is 11.3 Å². The highest BCUT2D eigenvalue weighted by Crippen LogP contribution is 2.28. The lowest BCUT2D eigenvalue weighted by Crippen LogP contribution is -2.46. The van der Waals surface area contributed by atoms with E-state index in [0.717, 1.165) is 12.8 Å². The number of amides is 1. The molecule has 116 valence electrons. The Balaban J connectivity index is 1.92. The summed E-state index contributed by atoms with van der Waals surface area (Å²) in [5.74, 6) is -1.23. The fourth-order valence-corrected chi connectivity index (χ4v) is 2.63. The van der Waals surface area contributed by atoms with Gasteiger partial charge in [-0.3, -0.25) is 4.79 Å². The summed E-state index contributed by atoms with van der Waals surface area (Å²) in [7, 11) is 0. The molecule has 1 aliphatic carbocycles. The highest BCUT2D eigenvalue weighted by molar-refractivity contribution is 6.31. The maximum Gasteiger partial charge on any atom is 0.340 e. The van der Waals surface area contributed by atoms with Crippen molar-refractivity contribution in [2.45, 2.75) is 31.2 Å². The van der Waals surface area contributed by atoms with Gasteiger partial charge in [0.1, 0.15) is 5.54 Å². The zero-order chi connectivity index (χ0) is 16.2. The Kier molecular flexibility index (Phi) is 4.88. The monoisotopic (exact) mass is 321 g/mol. The van der Waals surface area contributed by atoms with Crippen LogP contribution in [-0.2, 0) is 9.53 Å². The molecule has 0 atom stereocenters. The van der Waals surface area contributed by atoms with Crippen LogP contribution in [0.25, 0.3) is 0 Å².